The van der Waals surface area contributed by atoms with E-state index in [2.05, 4.69) is 4.98 Å². The molecule has 0 fully saturated rings. The summed E-state index contributed by atoms with van der Waals surface area (Å²) in [6.07, 6.45) is -3.29. The van der Waals surface area contributed by atoms with Crippen molar-refractivity contribution in [1.29, 1.82) is 0 Å². The van der Waals surface area contributed by atoms with Crippen LogP contribution < -0.4 is 4.74 Å². The monoisotopic (exact) mass is 227 g/mol. The zero-order valence-corrected chi connectivity index (χ0v) is 8.38. The lowest BCUT2D eigenvalue weighted by atomic mass is 10.1. The van der Waals surface area contributed by atoms with E-state index in [1.54, 1.807) is 6.07 Å². The third-order valence-electron chi connectivity index (χ3n) is 2.24. The Morgan fingerprint density at radius 3 is 2.56 bits per heavy atom. The Labute approximate surface area is 89.7 Å². The lowest BCUT2D eigenvalue weighted by Crippen LogP contribution is -2.08. The molecule has 0 amide bonds. The van der Waals surface area contributed by atoms with Crippen molar-refractivity contribution in [3.8, 4) is 5.75 Å². The number of benzene rings is 1. The highest BCUT2D eigenvalue weighted by molar-refractivity contribution is 5.86. The summed E-state index contributed by atoms with van der Waals surface area (Å²) in [7, 11) is 1.47. The molecule has 0 aliphatic rings. The molecule has 0 unspecified atom stereocenters. The number of halogens is 3. The molecule has 2 aromatic rings. The standard InChI is InChI=1S/C11H8F3NO/c1-16-8-2-3-9-7(6-8)4-5-15-10(9)11(12,13)14/h2-6H,1H3. The fourth-order valence-corrected chi connectivity index (χ4v) is 1.51. The Morgan fingerprint density at radius 2 is 1.94 bits per heavy atom. The van der Waals surface area contributed by atoms with Crippen LogP contribution >= 0.6 is 0 Å². The predicted octanol–water partition coefficient (Wildman–Crippen LogP) is 3.26. The van der Waals surface area contributed by atoms with Gasteiger partial charge in [0.2, 0.25) is 0 Å². The number of methoxy groups -OCH3 is 1. The van der Waals surface area contributed by atoms with Gasteiger partial charge in [-0.1, -0.05) is 0 Å². The summed E-state index contributed by atoms with van der Waals surface area (Å²) in [5.41, 5.74) is -0.868. The average Bonchev–Trinajstić information content (AvgIpc) is 2.26. The Morgan fingerprint density at radius 1 is 1.19 bits per heavy atom. The second kappa shape index (κ2) is 3.66. The normalized spacial score (nSPS) is 11.8. The van der Waals surface area contributed by atoms with E-state index < -0.39 is 11.9 Å². The van der Waals surface area contributed by atoms with Gasteiger partial charge in [-0.3, -0.25) is 4.98 Å². The molecule has 5 heteroatoms. The molecular formula is C11H8F3NO. The third-order valence-corrected chi connectivity index (χ3v) is 2.24. The van der Waals surface area contributed by atoms with Crippen LogP contribution in [0.1, 0.15) is 5.69 Å². The van der Waals surface area contributed by atoms with Crippen molar-refractivity contribution in [2.24, 2.45) is 0 Å². The second-order valence-electron chi connectivity index (χ2n) is 3.24. The van der Waals surface area contributed by atoms with Gasteiger partial charge in [0.05, 0.1) is 7.11 Å². The SMILES string of the molecule is COc1ccc2c(C(F)(F)F)nccc2c1. The summed E-state index contributed by atoms with van der Waals surface area (Å²) < 4.78 is 42.8. The van der Waals surface area contributed by atoms with E-state index >= 15 is 0 Å². The number of aromatic nitrogens is 1. The highest BCUT2D eigenvalue weighted by Crippen LogP contribution is 2.33. The van der Waals surface area contributed by atoms with Crippen LogP contribution in [0, 0.1) is 0 Å². The highest BCUT2D eigenvalue weighted by Gasteiger charge is 2.34. The summed E-state index contributed by atoms with van der Waals surface area (Å²) in [6, 6.07) is 5.92. The first kappa shape index (κ1) is 10.7. The first-order chi connectivity index (χ1) is 7.52. The minimum Gasteiger partial charge on any atom is -0.497 e. The molecule has 1 aromatic carbocycles. The Balaban J connectivity index is 2.70. The maximum absolute atomic E-state index is 12.6. The van der Waals surface area contributed by atoms with Gasteiger partial charge in [-0.25, -0.2) is 0 Å². The van der Waals surface area contributed by atoms with Crippen molar-refractivity contribution in [3.05, 3.63) is 36.2 Å². The molecule has 0 saturated heterocycles. The van der Waals surface area contributed by atoms with E-state index in [1.807, 2.05) is 0 Å². The van der Waals surface area contributed by atoms with Crippen LogP contribution in [-0.2, 0) is 6.18 Å². The van der Waals surface area contributed by atoms with Crippen molar-refractivity contribution < 1.29 is 17.9 Å². The fraction of sp³-hybridized carbons (Fsp3) is 0.182. The predicted molar refractivity (Wildman–Crippen MR) is 53.3 cm³/mol. The van der Waals surface area contributed by atoms with Gasteiger partial charge in [-0.2, -0.15) is 13.2 Å². The van der Waals surface area contributed by atoms with Crippen LogP contribution in [0.15, 0.2) is 30.5 Å². The van der Waals surface area contributed by atoms with Gasteiger partial charge in [-0.15, -0.1) is 0 Å². The molecule has 1 heterocycles. The molecule has 2 nitrogen and oxygen atoms in total. The molecule has 0 bridgehead atoms. The van der Waals surface area contributed by atoms with Gasteiger partial charge < -0.3 is 4.74 Å². The number of rotatable bonds is 1. The zero-order chi connectivity index (χ0) is 11.8. The molecule has 0 aliphatic carbocycles. The van der Waals surface area contributed by atoms with Crippen LogP contribution in [0.25, 0.3) is 10.8 Å². The zero-order valence-electron chi connectivity index (χ0n) is 8.38. The summed E-state index contributed by atoms with van der Waals surface area (Å²) in [4.78, 5) is 3.37. The lowest BCUT2D eigenvalue weighted by Gasteiger charge is -2.09. The van der Waals surface area contributed by atoms with Crippen molar-refractivity contribution in [2.75, 3.05) is 7.11 Å². The van der Waals surface area contributed by atoms with Gasteiger partial charge in [0, 0.05) is 11.6 Å². The van der Waals surface area contributed by atoms with E-state index in [1.165, 1.54) is 25.3 Å². The largest absolute Gasteiger partial charge is 0.497 e. The summed E-state index contributed by atoms with van der Waals surface area (Å²) in [5.74, 6) is 0.520. The molecule has 1 aromatic heterocycles. The fourth-order valence-electron chi connectivity index (χ4n) is 1.51. The topological polar surface area (TPSA) is 22.1 Å². The first-order valence-corrected chi connectivity index (χ1v) is 4.52. The van der Waals surface area contributed by atoms with E-state index in [9.17, 15) is 13.2 Å². The molecule has 16 heavy (non-hydrogen) atoms. The first-order valence-electron chi connectivity index (χ1n) is 4.52. The van der Waals surface area contributed by atoms with Crippen LogP contribution in [0.5, 0.6) is 5.75 Å². The van der Waals surface area contributed by atoms with Crippen molar-refractivity contribution >= 4 is 10.8 Å². The summed E-state index contributed by atoms with van der Waals surface area (Å²) in [5, 5.41) is 0.539. The lowest BCUT2D eigenvalue weighted by molar-refractivity contribution is -0.139. The highest BCUT2D eigenvalue weighted by atomic mass is 19.4. The second-order valence-corrected chi connectivity index (χ2v) is 3.24. The van der Waals surface area contributed by atoms with E-state index in [0.29, 0.717) is 11.1 Å². The van der Waals surface area contributed by atoms with Crippen LogP contribution in [0.3, 0.4) is 0 Å². The van der Waals surface area contributed by atoms with Gasteiger partial charge in [0.25, 0.3) is 0 Å². The molecule has 0 saturated carbocycles. The number of pyridine rings is 1. The van der Waals surface area contributed by atoms with E-state index in [4.69, 9.17) is 4.74 Å². The number of alkyl halides is 3. The van der Waals surface area contributed by atoms with Gasteiger partial charge in [-0.05, 0) is 29.7 Å². The van der Waals surface area contributed by atoms with Gasteiger partial charge in [0.15, 0.2) is 5.69 Å². The molecule has 0 spiro atoms. The van der Waals surface area contributed by atoms with Gasteiger partial charge >= 0.3 is 6.18 Å². The van der Waals surface area contributed by atoms with Crippen molar-refractivity contribution in [2.45, 2.75) is 6.18 Å². The summed E-state index contributed by atoms with van der Waals surface area (Å²) in [6.45, 7) is 0. The smallest absolute Gasteiger partial charge is 0.433 e. The number of fused-ring (bicyclic) bond motifs is 1. The van der Waals surface area contributed by atoms with E-state index in [0.717, 1.165) is 6.20 Å². The van der Waals surface area contributed by atoms with Crippen LogP contribution in [-0.4, -0.2) is 12.1 Å². The average molecular weight is 227 g/mol. The molecule has 0 atom stereocenters. The number of ether oxygens (including phenoxy) is 1. The van der Waals surface area contributed by atoms with E-state index in [-0.39, 0.29) is 5.39 Å². The Kier molecular flexibility index (Phi) is 2.46. The minimum absolute atomic E-state index is 0.0794. The minimum atomic E-state index is -4.44. The van der Waals surface area contributed by atoms with Gasteiger partial charge in [0.1, 0.15) is 5.75 Å². The van der Waals surface area contributed by atoms with Crippen LogP contribution in [0.4, 0.5) is 13.2 Å². The molecular weight excluding hydrogens is 219 g/mol. The molecule has 0 N–H and O–H groups in total. The molecule has 0 aliphatic heterocycles. The molecule has 2 rings (SSSR count). The number of hydrogen-bond donors (Lipinski definition) is 0. The van der Waals surface area contributed by atoms with Crippen molar-refractivity contribution in [1.82, 2.24) is 4.98 Å². The Hall–Kier alpha value is -1.78. The third kappa shape index (κ3) is 1.80. The van der Waals surface area contributed by atoms with Crippen molar-refractivity contribution in [3.63, 3.8) is 0 Å². The maximum atomic E-state index is 12.6. The maximum Gasteiger partial charge on any atom is 0.433 e. The Bertz CT molecular complexity index is 522. The number of hydrogen-bond acceptors (Lipinski definition) is 2. The molecule has 0 radical (unpaired) electrons. The summed E-state index contributed by atoms with van der Waals surface area (Å²) >= 11 is 0. The van der Waals surface area contributed by atoms with Crippen LogP contribution in [0.2, 0.25) is 0 Å². The molecule has 84 valence electrons. The quantitative estimate of drug-likeness (QED) is 0.745. The number of nitrogens with zero attached hydrogens (tertiary/aromatic N) is 1.